The van der Waals surface area contributed by atoms with E-state index >= 15 is 0 Å². The number of imidazole rings is 1. The maximum Gasteiger partial charge on any atom is 0.367 e. The maximum absolute atomic E-state index is 12.4. The van der Waals surface area contributed by atoms with Gasteiger partial charge in [-0.2, -0.15) is 0 Å². The molecule has 27 heavy (non-hydrogen) atoms. The number of rotatable bonds is 5. The summed E-state index contributed by atoms with van der Waals surface area (Å²) in [5.41, 5.74) is 2.72. The van der Waals surface area contributed by atoms with E-state index in [1.165, 1.54) is 11.3 Å². The van der Waals surface area contributed by atoms with Crippen molar-refractivity contribution in [3.63, 3.8) is 0 Å². The van der Waals surface area contributed by atoms with E-state index in [-0.39, 0.29) is 17.7 Å². The molecule has 0 unspecified atom stereocenters. The Labute approximate surface area is 160 Å². The molecule has 0 atom stereocenters. The highest BCUT2D eigenvalue weighted by Gasteiger charge is 2.24. The summed E-state index contributed by atoms with van der Waals surface area (Å²) in [6, 6.07) is 8.03. The van der Waals surface area contributed by atoms with Crippen molar-refractivity contribution in [3.05, 3.63) is 50.8 Å². The highest BCUT2D eigenvalue weighted by molar-refractivity contribution is 7.11. The highest BCUT2D eigenvalue weighted by Crippen LogP contribution is 2.26. The average molecular weight is 386 g/mol. The van der Waals surface area contributed by atoms with Gasteiger partial charge in [-0.15, -0.1) is 11.3 Å². The molecule has 0 bridgehead atoms. The van der Waals surface area contributed by atoms with Crippen molar-refractivity contribution in [2.45, 2.75) is 32.4 Å². The largest absolute Gasteiger partial charge is 0.461 e. The summed E-state index contributed by atoms with van der Waals surface area (Å²) in [7, 11) is 0. The molecule has 0 radical (unpaired) electrons. The minimum atomic E-state index is -0.355. The van der Waals surface area contributed by atoms with Gasteiger partial charge < -0.3 is 9.72 Å². The van der Waals surface area contributed by atoms with Gasteiger partial charge in [0.05, 0.1) is 23.3 Å². The molecule has 3 heterocycles. The Morgan fingerprint density at radius 2 is 2.11 bits per heavy atom. The van der Waals surface area contributed by atoms with E-state index in [1.807, 2.05) is 34.2 Å². The number of thiazole rings is 1. The summed E-state index contributed by atoms with van der Waals surface area (Å²) in [6.45, 7) is 4.64. The predicted octanol–water partition coefficient (Wildman–Crippen LogP) is 2.80. The number of aromatic amines is 1. The number of aromatic nitrogens is 3. The van der Waals surface area contributed by atoms with Gasteiger partial charge in [-0.1, -0.05) is 12.1 Å². The molecule has 7 nitrogen and oxygen atoms in total. The fraction of sp³-hybridized carbons (Fsp3) is 0.421. The van der Waals surface area contributed by atoms with Crippen LogP contribution >= 0.6 is 11.3 Å². The number of para-hydroxylation sites is 2. The van der Waals surface area contributed by atoms with Crippen LogP contribution in [0.5, 0.6) is 0 Å². The Balaban J connectivity index is 1.40. The molecule has 1 aromatic carbocycles. The number of likely N-dealkylation sites (tertiary alicyclic amines) is 1. The second-order valence-electron chi connectivity index (χ2n) is 6.69. The number of esters is 1. The van der Waals surface area contributed by atoms with E-state index in [4.69, 9.17) is 4.74 Å². The number of H-pyrrole nitrogens is 1. The third kappa shape index (κ3) is 3.68. The summed E-state index contributed by atoms with van der Waals surface area (Å²) in [5.74, 6) is -0.355. The van der Waals surface area contributed by atoms with Crippen LogP contribution in [-0.2, 0) is 11.3 Å². The Bertz CT molecular complexity index is 998. The zero-order valence-corrected chi connectivity index (χ0v) is 16.0. The van der Waals surface area contributed by atoms with Crippen molar-refractivity contribution in [3.8, 4) is 0 Å². The van der Waals surface area contributed by atoms with E-state index in [1.54, 1.807) is 6.92 Å². The molecule has 3 aromatic rings. The molecule has 1 aliphatic rings. The molecule has 0 saturated carbocycles. The Morgan fingerprint density at radius 1 is 1.33 bits per heavy atom. The summed E-state index contributed by atoms with van der Waals surface area (Å²) in [5, 5.41) is 2.33. The lowest BCUT2D eigenvalue weighted by molar-refractivity contribution is 0.0525. The number of carbonyl (C=O) groups is 1. The van der Waals surface area contributed by atoms with Gasteiger partial charge in [0.2, 0.25) is 5.01 Å². The van der Waals surface area contributed by atoms with Crippen molar-refractivity contribution in [2.24, 2.45) is 0 Å². The number of nitrogens with zero attached hydrogens (tertiary/aromatic N) is 3. The fourth-order valence-corrected chi connectivity index (χ4v) is 4.37. The summed E-state index contributed by atoms with van der Waals surface area (Å²) in [4.78, 5) is 33.8. The maximum atomic E-state index is 12.4. The minimum absolute atomic E-state index is 0.0340. The first-order valence-corrected chi connectivity index (χ1v) is 10.1. The van der Waals surface area contributed by atoms with Gasteiger partial charge in [-0.3, -0.25) is 9.47 Å². The number of benzene rings is 1. The Hall–Kier alpha value is -2.45. The molecule has 1 fully saturated rings. The number of carbonyl (C=O) groups excluding carboxylic acids is 1. The SMILES string of the molecule is CCOC(=O)c1nc(CN2CCC(n3c(=O)[nH]c4ccccc43)CC2)cs1. The number of ether oxygens (including phenoxy) is 1. The lowest BCUT2D eigenvalue weighted by Crippen LogP contribution is -2.36. The smallest absolute Gasteiger partial charge is 0.367 e. The molecule has 0 spiro atoms. The van der Waals surface area contributed by atoms with Crippen LogP contribution in [0.25, 0.3) is 11.0 Å². The quantitative estimate of drug-likeness (QED) is 0.682. The highest BCUT2D eigenvalue weighted by atomic mass is 32.1. The van der Waals surface area contributed by atoms with Gasteiger partial charge in [-0.05, 0) is 31.9 Å². The van der Waals surface area contributed by atoms with E-state index < -0.39 is 0 Å². The van der Waals surface area contributed by atoms with Crippen molar-refractivity contribution < 1.29 is 9.53 Å². The molecule has 8 heteroatoms. The zero-order chi connectivity index (χ0) is 18.8. The minimum Gasteiger partial charge on any atom is -0.461 e. The lowest BCUT2D eigenvalue weighted by Gasteiger charge is -2.32. The second-order valence-corrected chi connectivity index (χ2v) is 7.55. The van der Waals surface area contributed by atoms with E-state index in [9.17, 15) is 9.59 Å². The first kappa shape index (κ1) is 17.9. The molecular formula is C19H22N4O3S. The van der Waals surface area contributed by atoms with Gasteiger partial charge in [0, 0.05) is 31.1 Å². The number of hydrogen-bond donors (Lipinski definition) is 1. The standard InChI is InChI=1S/C19H22N4O3S/c1-2-26-18(24)17-20-13(12-27-17)11-22-9-7-14(8-10-22)23-16-6-4-3-5-15(16)21-19(23)25/h3-6,12,14H,2,7-11H2,1H3,(H,21,25). The number of piperidine rings is 1. The third-order valence-electron chi connectivity index (χ3n) is 4.93. The number of hydrogen-bond acceptors (Lipinski definition) is 6. The lowest BCUT2D eigenvalue weighted by atomic mass is 10.0. The van der Waals surface area contributed by atoms with E-state index in [0.29, 0.717) is 18.2 Å². The van der Waals surface area contributed by atoms with Crippen LogP contribution in [0.1, 0.15) is 41.3 Å². The monoisotopic (exact) mass is 386 g/mol. The Morgan fingerprint density at radius 3 is 2.89 bits per heavy atom. The molecule has 0 aliphatic carbocycles. The van der Waals surface area contributed by atoms with Gasteiger partial charge in [0.15, 0.2) is 0 Å². The van der Waals surface area contributed by atoms with Crippen molar-refractivity contribution >= 4 is 28.3 Å². The average Bonchev–Trinajstić information content (AvgIpc) is 3.26. The summed E-state index contributed by atoms with van der Waals surface area (Å²) >= 11 is 1.33. The molecule has 1 saturated heterocycles. The summed E-state index contributed by atoms with van der Waals surface area (Å²) < 4.78 is 6.89. The van der Waals surface area contributed by atoms with Gasteiger partial charge in [0.25, 0.3) is 0 Å². The van der Waals surface area contributed by atoms with Crippen LogP contribution in [0.15, 0.2) is 34.4 Å². The van der Waals surface area contributed by atoms with E-state index in [2.05, 4.69) is 14.9 Å². The molecule has 1 aliphatic heterocycles. The van der Waals surface area contributed by atoms with Crippen LogP contribution in [0.2, 0.25) is 0 Å². The second kappa shape index (κ2) is 7.66. The summed E-state index contributed by atoms with van der Waals surface area (Å²) in [6.07, 6.45) is 1.83. The van der Waals surface area contributed by atoms with Crippen LogP contribution in [0, 0.1) is 0 Å². The number of fused-ring (bicyclic) bond motifs is 1. The first-order valence-electron chi connectivity index (χ1n) is 9.19. The molecule has 2 aromatic heterocycles. The number of nitrogens with one attached hydrogen (secondary N) is 1. The van der Waals surface area contributed by atoms with Crippen molar-refractivity contribution in [1.29, 1.82) is 0 Å². The first-order chi connectivity index (χ1) is 13.2. The molecular weight excluding hydrogens is 364 g/mol. The van der Waals surface area contributed by atoms with Crippen molar-refractivity contribution in [1.82, 2.24) is 19.4 Å². The van der Waals surface area contributed by atoms with Crippen molar-refractivity contribution in [2.75, 3.05) is 19.7 Å². The van der Waals surface area contributed by atoms with Gasteiger partial charge in [-0.25, -0.2) is 14.6 Å². The van der Waals surface area contributed by atoms with Gasteiger partial charge >= 0.3 is 11.7 Å². The van der Waals surface area contributed by atoms with Crippen LogP contribution in [0.4, 0.5) is 0 Å². The van der Waals surface area contributed by atoms with E-state index in [0.717, 1.165) is 42.7 Å². The molecule has 1 N–H and O–H groups in total. The molecule has 4 rings (SSSR count). The third-order valence-corrected chi connectivity index (χ3v) is 5.80. The van der Waals surface area contributed by atoms with Crippen LogP contribution in [0.3, 0.4) is 0 Å². The predicted molar refractivity (Wildman–Crippen MR) is 104 cm³/mol. The fourth-order valence-electron chi connectivity index (χ4n) is 3.67. The van der Waals surface area contributed by atoms with Crippen LogP contribution in [-0.4, -0.2) is 45.1 Å². The topological polar surface area (TPSA) is 80.2 Å². The molecule has 142 valence electrons. The molecule has 0 amide bonds. The van der Waals surface area contributed by atoms with Crippen LogP contribution < -0.4 is 5.69 Å². The normalized spacial score (nSPS) is 16.0. The zero-order valence-electron chi connectivity index (χ0n) is 15.2. The van der Waals surface area contributed by atoms with Gasteiger partial charge in [0.1, 0.15) is 0 Å². The Kier molecular flexibility index (Phi) is 5.09.